The molecule has 0 saturated heterocycles. The van der Waals surface area contributed by atoms with Crippen molar-refractivity contribution in [2.75, 3.05) is 14.2 Å². The van der Waals surface area contributed by atoms with Crippen molar-refractivity contribution < 1.29 is 14.3 Å². The van der Waals surface area contributed by atoms with E-state index in [9.17, 15) is 9.59 Å². The summed E-state index contributed by atoms with van der Waals surface area (Å²) in [5.74, 6) is -0.393. The topological polar surface area (TPSA) is 62.2 Å². The monoisotopic (exact) mass is 461 g/mol. The molecule has 0 N–H and O–H groups in total. The number of hydrogen-bond donors (Lipinski definition) is 0. The highest BCUT2D eigenvalue weighted by atomic mass is 32.2. The Morgan fingerprint density at radius 3 is 2.39 bits per heavy atom. The molecular formula is C26H27N3O3S. The summed E-state index contributed by atoms with van der Waals surface area (Å²) < 4.78 is 5.15. The highest BCUT2D eigenvalue weighted by Gasteiger charge is 2.41. The zero-order valence-corrected chi connectivity index (χ0v) is 19.8. The first-order chi connectivity index (χ1) is 16.0. The molecule has 0 radical (unpaired) electrons. The highest BCUT2D eigenvalue weighted by Crippen LogP contribution is 2.45. The van der Waals surface area contributed by atoms with Crippen molar-refractivity contribution >= 4 is 28.8 Å². The molecule has 0 fully saturated rings. The first-order valence-electron chi connectivity index (χ1n) is 10.9. The van der Waals surface area contributed by atoms with Crippen LogP contribution in [0.1, 0.15) is 36.9 Å². The van der Waals surface area contributed by atoms with Crippen LogP contribution in [-0.2, 0) is 20.9 Å². The molecule has 0 bridgehead atoms. The van der Waals surface area contributed by atoms with Gasteiger partial charge in [-0.25, -0.2) is 9.79 Å². The Hall–Kier alpha value is -3.32. The molecule has 6 nitrogen and oxygen atoms in total. The first-order valence-corrected chi connectivity index (χ1v) is 11.8. The van der Waals surface area contributed by atoms with Gasteiger partial charge in [0.15, 0.2) is 5.17 Å². The average Bonchev–Trinajstić information content (AvgIpc) is 3.25. The summed E-state index contributed by atoms with van der Waals surface area (Å²) in [7, 11) is 3.20. The van der Waals surface area contributed by atoms with Gasteiger partial charge in [-0.3, -0.25) is 4.79 Å². The number of methoxy groups -OCH3 is 1. The number of thioether (sulfide) groups is 1. The lowest BCUT2D eigenvalue weighted by Gasteiger charge is -2.36. The second-order valence-corrected chi connectivity index (χ2v) is 8.76. The summed E-state index contributed by atoms with van der Waals surface area (Å²) >= 11 is 1.49. The minimum absolute atomic E-state index is 0.00338. The number of ether oxygens (including phenoxy) is 1. The molecule has 2 aromatic rings. The molecule has 2 heterocycles. The molecule has 1 unspecified atom stereocenters. The zero-order valence-electron chi connectivity index (χ0n) is 19.0. The van der Waals surface area contributed by atoms with Gasteiger partial charge in [-0.1, -0.05) is 79.3 Å². The number of carbonyl (C=O) groups excluding carboxylic acids is 2. The Labute approximate surface area is 198 Å². The second-order valence-electron chi connectivity index (χ2n) is 7.92. The predicted molar refractivity (Wildman–Crippen MR) is 131 cm³/mol. The minimum atomic E-state index is -0.396. The van der Waals surface area contributed by atoms with E-state index in [1.807, 2.05) is 84.9 Å². The molecule has 2 aliphatic rings. The lowest BCUT2D eigenvalue weighted by Crippen LogP contribution is -2.38. The van der Waals surface area contributed by atoms with Gasteiger partial charge in [-0.15, -0.1) is 0 Å². The maximum atomic E-state index is 13.1. The molecule has 2 aromatic carbocycles. The second kappa shape index (κ2) is 10.1. The fourth-order valence-corrected chi connectivity index (χ4v) is 5.04. The fourth-order valence-electron chi connectivity index (χ4n) is 4.10. The number of aliphatic imine (C=N–C) groups is 1. The van der Waals surface area contributed by atoms with E-state index >= 15 is 0 Å². The number of esters is 1. The van der Waals surface area contributed by atoms with Crippen molar-refractivity contribution in [3.63, 3.8) is 0 Å². The van der Waals surface area contributed by atoms with Gasteiger partial charge in [0.2, 0.25) is 5.91 Å². The average molecular weight is 462 g/mol. The molecule has 0 saturated carbocycles. The summed E-state index contributed by atoms with van der Waals surface area (Å²) in [5.41, 5.74) is 4.10. The number of hydrogen-bond acceptors (Lipinski definition) is 6. The van der Waals surface area contributed by atoms with Crippen molar-refractivity contribution in [1.29, 1.82) is 0 Å². The summed E-state index contributed by atoms with van der Waals surface area (Å²) in [6.45, 7) is 2.52. The Morgan fingerprint density at radius 1 is 1.09 bits per heavy atom. The first kappa shape index (κ1) is 22.9. The number of amidine groups is 1. The Morgan fingerprint density at radius 2 is 1.76 bits per heavy atom. The van der Waals surface area contributed by atoms with Crippen LogP contribution in [0.4, 0.5) is 0 Å². The van der Waals surface area contributed by atoms with Gasteiger partial charge < -0.3 is 14.5 Å². The number of rotatable bonds is 7. The van der Waals surface area contributed by atoms with E-state index in [1.165, 1.54) is 18.9 Å². The van der Waals surface area contributed by atoms with Crippen molar-refractivity contribution in [3.05, 3.63) is 94.2 Å². The van der Waals surface area contributed by atoms with Gasteiger partial charge in [0, 0.05) is 19.3 Å². The lowest BCUT2D eigenvalue weighted by atomic mass is 9.93. The number of fused-ring (bicyclic) bond motifs is 1. The van der Waals surface area contributed by atoms with Gasteiger partial charge in [0.1, 0.15) is 0 Å². The quantitative estimate of drug-likeness (QED) is 0.551. The maximum Gasteiger partial charge on any atom is 0.338 e. The summed E-state index contributed by atoms with van der Waals surface area (Å²) in [6.07, 6.45) is 0.828. The molecular weight excluding hydrogens is 434 g/mol. The summed E-state index contributed by atoms with van der Waals surface area (Å²) in [4.78, 5) is 34.5. The van der Waals surface area contributed by atoms with Crippen LogP contribution in [0.25, 0.3) is 0 Å². The van der Waals surface area contributed by atoms with Crippen LogP contribution in [-0.4, -0.2) is 41.0 Å². The van der Waals surface area contributed by atoms with E-state index in [0.29, 0.717) is 18.5 Å². The van der Waals surface area contributed by atoms with Crippen LogP contribution in [0.2, 0.25) is 0 Å². The van der Waals surface area contributed by atoms with Crippen LogP contribution in [0.15, 0.2) is 88.0 Å². The number of carbonyl (C=O) groups is 2. The number of amides is 1. The normalized spacial score (nSPS) is 17.3. The molecule has 7 heteroatoms. The van der Waals surface area contributed by atoms with E-state index in [1.54, 1.807) is 4.90 Å². The fraction of sp³-hybridized carbons (Fsp3) is 0.269. The van der Waals surface area contributed by atoms with E-state index in [0.717, 1.165) is 27.7 Å². The third-order valence-corrected chi connectivity index (χ3v) is 6.65. The van der Waals surface area contributed by atoms with Crippen LogP contribution in [0.5, 0.6) is 0 Å². The van der Waals surface area contributed by atoms with Crippen molar-refractivity contribution in [1.82, 2.24) is 9.80 Å². The van der Waals surface area contributed by atoms with Gasteiger partial charge in [-0.2, -0.15) is 0 Å². The largest absolute Gasteiger partial charge is 0.466 e. The maximum absolute atomic E-state index is 13.1. The van der Waals surface area contributed by atoms with E-state index in [4.69, 9.17) is 9.73 Å². The van der Waals surface area contributed by atoms with Crippen LogP contribution >= 0.6 is 11.8 Å². The van der Waals surface area contributed by atoms with E-state index in [2.05, 4.69) is 0 Å². The molecule has 1 amide bonds. The van der Waals surface area contributed by atoms with Crippen molar-refractivity contribution in [2.45, 2.75) is 32.4 Å². The van der Waals surface area contributed by atoms with Gasteiger partial charge in [0.25, 0.3) is 0 Å². The van der Waals surface area contributed by atoms with Crippen LogP contribution in [0.3, 0.4) is 0 Å². The number of benzene rings is 2. The van der Waals surface area contributed by atoms with Crippen LogP contribution < -0.4 is 0 Å². The Balaban J connectivity index is 1.64. The lowest BCUT2D eigenvalue weighted by molar-refractivity contribution is -0.136. The van der Waals surface area contributed by atoms with Crippen molar-refractivity contribution in [2.24, 2.45) is 4.99 Å². The molecule has 0 aliphatic carbocycles. The predicted octanol–water partition coefficient (Wildman–Crippen LogP) is 4.87. The van der Waals surface area contributed by atoms with E-state index in [-0.39, 0.29) is 12.3 Å². The van der Waals surface area contributed by atoms with Gasteiger partial charge in [-0.05, 0) is 23.0 Å². The molecule has 33 heavy (non-hydrogen) atoms. The Bertz CT molecular complexity index is 1130. The summed E-state index contributed by atoms with van der Waals surface area (Å²) in [6, 6.07) is 19.4. The van der Waals surface area contributed by atoms with E-state index < -0.39 is 12.0 Å². The zero-order chi connectivity index (χ0) is 23.4. The highest BCUT2D eigenvalue weighted by molar-refractivity contribution is 8.16. The molecule has 170 valence electrons. The number of allylic oxidation sites excluding steroid dienone is 1. The van der Waals surface area contributed by atoms with Gasteiger partial charge >= 0.3 is 5.97 Å². The third kappa shape index (κ3) is 4.73. The molecule has 2 aliphatic heterocycles. The smallest absolute Gasteiger partial charge is 0.338 e. The number of nitrogens with zero attached hydrogens (tertiary/aromatic N) is 3. The third-order valence-electron chi connectivity index (χ3n) is 5.77. The molecule has 1 atom stereocenters. The molecule has 0 spiro atoms. The molecule has 0 aromatic heterocycles. The van der Waals surface area contributed by atoms with Gasteiger partial charge in [0.05, 0.1) is 30.8 Å². The summed E-state index contributed by atoms with van der Waals surface area (Å²) in [5, 5.41) is 2.75. The molecule has 4 rings (SSSR count). The Kier molecular flexibility index (Phi) is 6.99. The minimum Gasteiger partial charge on any atom is -0.466 e. The standard InChI is InChI=1S/C26H27N3O3S/c1-4-21-23(25(31)32-3)24(19-13-9-6-10-14-19)29-20(17-33-26(29)27-21)15-22(30)28(2)16-18-11-7-5-8-12-18/h5-14,17,24H,4,15-16H2,1-3H3. The SMILES string of the molecule is CCC1=C(C(=O)OC)C(c2ccccc2)N2C(CC(=O)N(C)Cc3ccccc3)=CSC2=N1. The van der Waals surface area contributed by atoms with Crippen molar-refractivity contribution in [3.8, 4) is 0 Å². The van der Waals surface area contributed by atoms with Crippen LogP contribution in [0, 0.1) is 0 Å².